The number of piperidine rings is 1. The maximum absolute atomic E-state index is 11.9. The lowest BCUT2D eigenvalue weighted by Gasteiger charge is -2.43. The molecule has 5 rings (SSSR count). The Morgan fingerprint density at radius 1 is 0.976 bits per heavy atom. The van der Waals surface area contributed by atoms with Crippen LogP contribution in [0.3, 0.4) is 0 Å². The Labute approximate surface area is 249 Å². The highest BCUT2D eigenvalue weighted by Gasteiger charge is 2.39. The highest BCUT2D eigenvalue weighted by Crippen LogP contribution is 2.42. The zero-order chi connectivity index (χ0) is 29.3. The molecule has 0 unspecified atom stereocenters. The van der Waals surface area contributed by atoms with E-state index in [1.54, 1.807) is 6.08 Å². The predicted molar refractivity (Wildman–Crippen MR) is 164 cm³/mol. The van der Waals surface area contributed by atoms with Gasteiger partial charge in [-0.2, -0.15) is 0 Å². The zero-order valence-corrected chi connectivity index (χ0v) is 24.4. The van der Waals surface area contributed by atoms with E-state index in [0.717, 1.165) is 53.0 Å². The normalized spacial score (nSPS) is 22.8. The van der Waals surface area contributed by atoms with Gasteiger partial charge in [-0.3, -0.25) is 0 Å². The Kier molecular flexibility index (Phi) is 10.4. The highest BCUT2D eigenvalue weighted by atomic mass is 16.7. The molecule has 2 fully saturated rings. The smallest absolute Gasteiger partial charge is 0.407 e. The number of alkyl carbamates (subject to hydrolysis) is 1. The van der Waals surface area contributed by atoms with Crippen molar-refractivity contribution in [2.24, 2.45) is 5.92 Å². The van der Waals surface area contributed by atoms with E-state index >= 15 is 0 Å². The van der Waals surface area contributed by atoms with Crippen LogP contribution in [0.4, 0.5) is 4.79 Å². The molecule has 7 nitrogen and oxygen atoms in total. The number of benzene rings is 3. The third-order valence-corrected chi connectivity index (χ3v) is 8.20. The van der Waals surface area contributed by atoms with Crippen molar-refractivity contribution in [2.45, 2.75) is 57.8 Å². The number of aliphatic hydroxyl groups excluding tert-OH is 1. The van der Waals surface area contributed by atoms with Gasteiger partial charge < -0.3 is 29.5 Å². The number of likely N-dealkylation sites (tertiary alicyclic amines) is 1. The summed E-state index contributed by atoms with van der Waals surface area (Å²) in [5.74, 6) is 0.161. The third-order valence-electron chi connectivity index (χ3n) is 8.20. The van der Waals surface area contributed by atoms with Crippen LogP contribution in [0, 0.1) is 5.92 Å². The summed E-state index contributed by atoms with van der Waals surface area (Å²) >= 11 is 0. The molecule has 42 heavy (non-hydrogen) atoms. The number of amides is 1. The number of ether oxygens (including phenoxy) is 3. The number of rotatable bonds is 10. The molecule has 0 saturated carbocycles. The summed E-state index contributed by atoms with van der Waals surface area (Å²) in [5.41, 5.74) is 6.02. The SMILES string of the molecule is C=CCOC(=O)NCc1cccc(-c2cccc([C@@H]3O[C@H](CN4CCCCC4)[C@H](C)[C@H](c4ccc(CO)cc4)O3)c2)c1. The van der Waals surface area contributed by atoms with E-state index in [2.05, 4.69) is 66.2 Å². The lowest BCUT2D eigenvalue weighted by Crippen LogP contribution is -2.45. The molecule has 2 aliphatic rings. The van der Waals surface area contributed by atoms with Gasteiger partial charge in [0.2, 0.25) is 0 Å². The molecule has 2 saturated heterocycles. The number of nitrogens with one attached hydrogen (secondary N) is 1. The van der Waals surface area contributed by atoms with Gasteiger partial charge in [-0.05, 0) is 65.9 Å². The highest BCUT2D eigenvalue weighted by molar-refractivity contribution is 5.68. The molecule has 3 aromatic carbocycles. The molecule has 0 aromatic heterocycles. The van der Waals surface area contributed by atoms with Crippen LogP contribution < -0.4 is 5.32 Å². The second-order valence-electron chi connectivity index (χ2n) is 11.2. The van der Waals surface area contributed by atoms with Gasteiger partial charge in [-0.25, -0.2) is 4.79 Å². The molecule has 0 aliphatic carbocycles. The van der Waals surface area contributed by atoms with Gasteiger partial charge in [-0.15, -0.1) is 0 Å². The Balaban J connectivity index is 1.36. The van der Waals surface area contributed by atoms with Crippen LogP contribution in [-0.2, 0) is 27.4 Å². The van der Waals surface area contributed by atoms with Crippen LogP contribution in [0.25, 0.3) is 11.1 Å². The molecule has 7 heteroatoms. The number of aliphatic hydroxyl groups is 1. The predicted octanol–water partition coefficient (Wildman–Crippen LogP) is 6.54. The van der Waals surface area contributed by atoms with Gasteiger partial charge in [0.15, 0.2) is 6.29 Å². The Bertz CT molecular complexity index is 1320. The van der Waals surface area contributed by atoms with Crippen molar-refractivity contribution in [1.29, 1.82) is 0 Å². The van der Waals surface area contributed by atoms with Crippen LogP contribution in [-0.4, -0.2) is 48.4 Å². The first-order valence-electron chi connectivity index (χ1n) is 15.0. The fraction of sp³-hybridized carbons (Fsp3) is 0.400. The van der Waals surface area contributed by atoms with Crippen molar-refractivity contribution in [3.05, 3.63) is 108 Å². The second-order valence-corrected chi connectivity index (χ2v) is 11.2. The number of carbonyl (C=O) groups is 1. The van der Waals surface area contributed by atoms with Crippen LogP contribution in [0.5, 0.6) is 0 Å². The maximum atomic E-state index is 11.9. The molecule has 3 aromatic rings. The first-order chi connectivity index (χ1) is 20.5. The van der Waals surface area contributed by atoms with Gasteiger partial charge in [0.1, 0.15) is 6.61 Å². The quantitative estimate of drug-likeness (QED) is 0.270. The molecule has 2 N–H and O–H groups in total. The minimum Gasteiger partial charge on any atom is -0.445 e. The molecule has 222 valence electrons. The molecular weight excluding hydrogens is 528 g/mol. The van der Waals surface area contributed by atoms with E-state index in [9.17, 15) is 9.90 Å². The first-order valence-corrected chi connectivity index (χ1v) is 15.0. The molecule has 1 amide bonds. The van der Waals surface area contributed by atoms with E-state index in [-0.39, 0.29) is 31.3 Å². The van der Waals surface area contributed by atoms with Crippen LogP contribution in [0.15, 0.2) is 85.5 Å². The van der Waals surface area contributed by atoms with E-state index in [4.69, 9.17) is 14.2 Å². The van der Waals surface area contributed by atoms with Gasteiger partial charge in [0, 0.05) is 24.6 Å². The maximum Gasteiger partial charge on any atom is 0.407 e. The summed E-state index contributed by atoms with van der Waals surface area (Å²) in [5, 5.41) is 12.3. The first kappa shape index (κ1) is 30.0. The van der Waals surface area contributed by atoms with E-state index in [1.807, 2.05) is 30.3 Å². The van der Waals surface area contributed by atoms with Gasteiger partial charge in [0.25, 0.3) is 0 Å². The number of nitrogens with zero attached hydrogens (tertiary/aromatic N) is 1. The van der Waals surface area contributed by atoms with E-state index < -0.39 is 12.4 Å². The lowest BCUT2D eigenvalue weighted by atomic mass is 9.89. The zero-order valence-electron chi connectivity index (χ0n) is 24.4. The molecule has 2 aliphatic heterocycles. The summed E-state index contributed by atoms with van der Waals surface area (Å²) in [6, 6.07) is 24.5. The van der Waals surface area contributed by atoms with Crippen molar-refractivity contribution in [2.75, 3.05) is 26.2 Å². The van der Waals surface area contributed by atoms with Gasteiger partial charge in [0.05, 0.1) is 18.8 Å². The number of carbonyl (C=O) groups excluding carboxylic acids is 1. The van der Waals surface area contributed by atoms with Gasteiger partial charge in [-0.1, -0.05) is 86.7 Å². The van der Waals surface area contributed by atoms with Crippen LogP contribution in [0.1, 0.15) is 60.8 Å². The fourth-order valence-electron chi connectivity index (χ4n) is 5.81. The number of hydrogen-bond acceptors (Lipinski definition) is 6. The van der Waals surface area contributed by atoms with Crippen molar-refractivity contribution in [1.82, 2.24) is 10.2 Å². The van der Waals surface area contributed by atoms with Crippen LogP contribution in [0.2, 0.25) is 0 Å². The summed E-state index contributed by atoms with van der Waals surface area (Å²) < 4.78 is 18.4. The summed E-state index contributed by atoms with van der Waals surface area (Å²) in [4.78, 5) is 14.4. The number of hydrogen-bond donors (Lipinski definition) is 2. The topological polar surface area (TPSA) is 80.3 Å². The summed E-state index contributed by atoms with van der Waals surface area (Å²) in [7, 11) is 0. The third kappa shape index (κ3) is 7.66. The monoisotopic (exact) mass is 570 g/mol. The Morgan fingerprint density at radius 2 is 1.71 bits per heavy atom. The summed E-state index contributed by atoms with van der Waals surface area (Å²) in [6.45, 7) is 9.46. The average Bonchev–Trinajstić information content (AvgIpc) is 3.04. The van der Waals surface area contributed by atoms with Crippen molar-refractivity contribution >= 4 is 6.09 Å². The minimum atomic E-state index is -0.511. The molecular formula is C35H42N2O5. The fourth-order valence-corrected chi connectivity index (χ4v) is 5.81. The van der Waals surface area contributed by atoms with E-state index in [1.165, 1.54) is 19.3 Å². The lowest BCUT2D eigenvalue weighted by molar-refractivity contribution is -0.276. The van der Waals surface area contributed by atoms with Crippen LogP contribution >= 0.6 is 0 Å². The Morgan fingerprint density at radius 3 is 2.45 bits per heavy atom. The van der Waals surface area contributed by atoms with Crippen molar-refractivity contribution in [3.8, 4) is 11.1 Å². The average molecular weight is 571 g/mol. The van der Waals surface area contributed by atoms with E-state index in [0.29, 0.717) is 6.54 Å². The van der Waals surface area contributed by atoms with Crippen molar-refractivity contribution < 1.29 is 24.1 Å². The molecule has 0 radical (unpaired) electrons. The summed E-state index contributed by atoms with van der Waals surface area (Å²) in [6.07, 6.45) is 4.21. The standard InChI is InChI=1S/C35H42N2O5/c1-3-19-40-35(39)36-22-27-9-7-10-29(20-27)30-11-8-12-31(21-30)34-41-32(23-37-17-5-4-6-18-37)25(2)33(42-34)28-15-13-26(24-38)14-16-28/h3,7-16,20-21,25,32-34,38H,1,4-6,17-19,22-24H2,2H3,(H,36,39)/t25-,32+,33+,34+/m0/s1. The second kappa shape index (κ2) is 14.6. The minimum absolute atomic E-state index is 0.0169. The largest absolute Gasteiger partial charge is 0.445 e. The molecule has 4 atom stereocenters. The molecule has 0 spiro atoms. The Hall–Kier alpha value is -3.49. The van der Waals surface area contributed by atoms with Gasteiger partial charge >= 0.3 is 6.09 Å². The molecule has 0 bridgehead atoms. The molecule has 2 heterocycles. The van der Waals surface area contributed by atoms with Crippen molar-refractivity contribution in [3.63, 3.8) is 0 Å².